The Bertz CT molecular complexity index is 932. The highest BCUT2D eigenvalue weighted by Crippen LogP contribution is 2.06. The summed E-state index contributed by atoms with van der Waals surface area (Å²) < 4.78 is 1.65. The summed E-state index contributed by atoms with van der Waals surface area (Å²) in [7, 11) is 0. The molecule has 0 spiro atoms. The Morgan fingerprint density at radius 3 is 2.56 bits per heavy atom. The average molecular weight is 334 g/mol. The van der Waals surface area contributed by atoms with Crippen LogP contribution < -0.4 is 10.9 Å². The Kier molecular flexibility index (Phi) is 4.99. The molecule has 0 aliphatic heterocycles. The molecule has 0 unspecified atom stereocenters. The highest BCUT2D eigenvalue weighted by Gasteiger charge is 2.07. The minimum atomic E-state index is -0.231. The molecular weight excluding hydrogens is 316 g/mol. The number of aryl methyl sites for hydroxylation is 1. The SMILES string of the molecule is Cc1nccc(C(=O)NCc2ccc(Cn3ccccc3=O)cc2)n1. The van der Waals surface area contributed by atoms with E-state index in [0.29, 0.717) is 24.6 Å². The summed E-state index contributed by atoms with van der Waals surface area (Å²) in [6, 6.07) is 14.5. The summed E-state index contributed by atoms with van der Waals surface area (Å²) in [6.45, 7) is 2.67. The van der Waals surface area contributed by atoms with Crippen molar-refractivity contribution in [2.24, 2.45) is 0 Å². The summed E-state index contributed by atoms with van der Waals surface area (Å²) in [5.41, 5.74) is 2.32. The molecule has 0 saturated heterocycles. The first kappa shape index (κ1) is 16.6. The van der Waals surface area contributed by atoms with Crippen LogP contribution in [0.3, 0.4) is 0 Å². The molecule has 6 nitrogen and oxygen atoms in total. The third-order valence-corrected chi connectivity index (χ3v) is 3.74. The van der Waals surface area contributed by atoms with Crippen molar-refractivity contribution in [1.29, 1.82) is 0 Å². The highest BCUT2D eigenvalue weighted by atomic mass is 16.2. The van der Waals surface area contributed by atoms with Gasteiger partial charge in [0.2, 0.25) is 0 Å². The quantitative estimate of drug-likeness (QED) is 0.773. The number of amides is 1. The largest absolute Gasteiger partial charge is 0.347 e. The van der Waals surface area contributed by atoms with Gasteiger partial charge in [0.15, 0.2) is 0 Å². The van der Waals surface area contributed by atoms with Gasteiger partial charge in [-0.1, -0.05) is 30.3 Å². The van der Waals surface area contributed by atoms with E-state index >= 15 is 0 Å². The first-order valence-electron chi connectivity index (χ1n) is 7.93. The van der Waals surface area contributed by atoms with Gasteiger partial charge >= 0.3 is 0 Å². The molecule has 1 N–H and O–H groups in total. The zero-order valence-electron chi connectivity index (χ0n) is 13.8. The summed E-state index contributed by atoms with van der Waals surface area (Å²) in [6.07, 6.45) is 3.33. The Balaban J connectivity index is 1.60. The first-order chi connectivity index (χ1) is 12.1. The lowest BCUT2D eigenvalue weighted by Gasteiger charge is -2.08. The second-order valence-corrected chi connectivity index (χ2v) is 5.66. The van der Waals surface area contributed by atoms with Crippen molar-refractivity contribution in [2.45, 2.75) is 20.0 Å². The zero-order valence-corrected chi connectivity index (χ0v) is 13.8. The van der Waals surface area contributed by atoms with Gasteiger partial charge < -0.3 is 9.88 Å². The van der Waals surface area contributed by atoms with Gasteiger partial charge in [-0.15, -0.1) is 0 Å². The molecule has 2 heterocycles. The van der Waals surface area contributed by atoms with Crippen molar-refractivity contribution in [1.82, 2.24) is 19.9 Å². The fraction of sp³-hybridized carbons (Fsp3) is 0.158. The number of carbonyl (C=O) groups is 1. The lowest BCUT2D eigenvalue weighted by molar-refractivity contribution is 0.0945. The van der Waals surface area contributed by atoms with E-state index in [2.05, 4.69) is 15.3 Å². The van der Waals surface area contributed by atoms with Crippen LogP contribution in [-0.4, -0.2) is 20.4 Å². The van der Waals surface area contributed by atoms with Crippen LogP contribution >= 0.6 is 0 Å². The minimum absolute atomic E-state index is 0.0287. The number of rotatable bonds is 5. The van der Waals surface area contributed by atoms with E-state index in [9.17, 15) is 9.59 Å². The van der Waals surface area contributed by atoms with Gasteiger partial charge in [-0.2, -0.15) is 0 Å². The molecule has 1 aromatic carbocycles. The maximum Gasteiger partial charge on any atom is 0.270 e. The highest BCUT2D eigenvalue weighted by molar-refractivity contribution is 5.92. The van der Waals surface area contributed by atoms with E-state index in [1.165, 1.54) is 0 Å². The van der Waals surface area contributed by atoms with Crippen molar-refractivity contribution in [3.05, 3.63) is 93.9 Å². The van der Waals surface area contributed by atoms with E-state index in [-0.39, 0.29) is 11.5 Å². The van der Waals surface area contributed by atoms with E-state index in [4.69, 9.17) is 0 Å². The van der Waals surface area contributed by atoms with Crippen LogP contribution in [0.15, 0.2) is 65.7 Å². The second-order valence-electron chi connectivity index (χ2n) is 5.66. The normalized spacial score (nSPS) is 10.4. The van der Waals surface area contributed by atoms with Gasteiger partial charge in [0.1, 0.15) is 11.5 Å². The number of benzene rings is 1. The molecule has 126 valence electrons. The summed E-state index contributed by atoms with van der Waals surface area (Å²) in [5, 5.41) is 2.84. The van der Waals surface area contributed by atoms with E-state index in [1.807, 2.05) is 30.3 Å². The molecule has 6 heteroatoms. The van der Waals surface area contributed by atoms with Crippen molar-refractivity contribution >= 4 is 5.91 Å². The van der Waals surface area contributed by atoms with Crippen LogP contribution in [0, 0.1) is 6.92 Å². The molecule has 25 heavy (non-hydrogen) atoms. The molecule has 3 aromatic rings. The van der Waals surface area contributed by atoms with E-state index < -0.39 is 0 Å². The Morgan fingerprint density at radius 2 is 1.84 bits per heavy atom. The standard InChI is InChI=1S/C19H18N4O2/c1-14-20-10-9-17(22-14)19(25)21-12-15-5-7-16(8-6-15)13-23-11-3-2-4-18(23)24/h2-11H,12-13H2,1H3,(H,21,25). The van der Waals surface area contributed by atoms with Crippen molar-refractivity contribution in [2.75, 3.05) is 0 Å². The van der Waals surface area contributed by atoms with E-state index in [1.54, 1.807) is 42.1 Å². The van der Waals surface area contributed by atoms with Crippen LogP contribution in [0.1, 0.15) is 27.4 Å². The van der Waals surface area contributed by atoms with Gasteiger partial charge in [-0.25, -0.2) is 9.97 Å². The third kappa shape index (κ3) is 4.38. The van der Waals surface area contributed by atoms with Crippen molar-refractivity contribution < 1.29 is 4.79 Å². The van der Waals surface area contributed by atoms with Gasteiger partial charge in [0, 0.05) is 25.0 Å². The lowest BCUT2D eigenvalue weighted by Crippen LogP contribution is -2.24. The predicted molar refractivity (Wildman–Crippen MR) is 94.2 cm³/mol. The Labute approximate surface area is 145 Å². The number of hydrogen-bond acceptors (Lipinski definition) is 4. The fourth-order valence-corrected chi connectivity index (χ4v) is 2.41. The van der Waals surface area contributed by atoms with Gasteiger partial charge in [0.25, 0.3) is 11.5 Å². The molecule has 0 aliphatic carbocycles. The summed E-state index contributed by atoms with van der Waals surface area (Å²) >= 11 is 0. The minimum Gasteiger partial charge on any atom is -0.347 e. The molecule has 3 rings (SSSR count). The Morgan fingerprint density at radius 1 is 1.08 bits per heavy atom. The van der Waals surface area contributed by atoms with Gasteiger partial charge in [-0.3, -0.25) is 9.59 Å². The second kappa shape index (κ2) is 7.53. The smallest absolute Gasteiger partial charge is 0.270 e. The lowest BCUT2D eigenvalue weighted by atomic mass is 10.1. The van der Waals surface area contributed by atoms with Gasteiger partial charge in [-0.05, 0) is 30.2 Å². The molecule has 0 atom stereocenters. The molecular formula is C19H18N4O2. The molecule has 0 radical (unpaired) electrons. The Hall–Kier alpha value is -3.28. The van der Waals surface area contributed by atoms with Crippen LogP contribution in [0.5, 0.6) is 0 Å². The third-order valence-electron chi connectivity index (χ3n) is 3.74. The summed E-state index contributed by atoms with van der Waals surface area (Å²) in [4.78, 5) is 31.9. The predicted octanol–water partition coefficient (Wildman–Crippen LogP) is 1.93. The average Bonchev–Trinajstić information content (AvgIpc) is 2.63. The molecule has 2 aromatic heterocycles. The molecule has 1 amide bonds. The molecule has 0 bridgehead atoms. The number of nitrogens with one attached hydrogen (secondary N) is 1. The maximum atomic E-state index is 12.1. The summed E-state index contributed by atoms with van der Waals surface area (Å²) in [5.74, 6) is 0.332. The van der Waals surface area contributed by atoms with Crippen LogP contribution in [0.2, 0.25) is 0 Å². The molecule has 0 fully saturated rings. The van der Waals surface area contributed by atoms with Crippen LogP contribution in [0.4, 0.5) is 0 Å². The van der Waals surface area contributed by atoms with Gasteiger partial charge in [0.05, 0.1) is 6.54 Å². The maximum absolute atomic E-state index is 12.1. The van der Waals surface area contributed by atoms with Crippen molar-refractivity contribution in [3.8, 4) is 0 Å². The van der Waals surface area contributed by atoms with E-state index in [0.717, 1.165) is 11.1 Å². The monoisotopic (exact) mass is 334 g/mol. The molecule has 0 aliphatic rings. The van der Waals surface area contributed by atoms with Crippen molar-refractivity contribution in [3.63, 3.8) is 0 Å². The number of aromatic nitrogens is 3. The van der Waals surface area contributed by atoms with Crippen LogP contribution in [-0.2, 0) is 13.1 Å². The van der Waals surface area contributed by atoms with Crippen LogP contribution in [0.25, 0.3) is 0 Å². The number of carbonyl (C=O) groups excluding carboxylic acids is 1. The number of pyridine rings is 1. The fourth-order valence-electron chi connectivity index (χ4n) is 2.41. The molecule has 0 saturated carbocycles. The number of hydrogen-bond donors (Lipinski definition) is 1. The topological polar surface area (TPSA) is 76.9 Å². The number of nitrogens with zero attached hydrogens (tertiary/aromatic N) is 3. The zero-order chi connectivity index (χ0) is 17.6. The first-order valence-corrected chi connectivity index (χ1v) is 7.93.